The Morgan fingerprint density at radius 2 is 1.78 bits per heavy atom. The fraction of sp³-hybridized carbons (Fsp3) is 0.304. The van der Waals surface area contributed by atoms with E-state index in [1.54, 1.807) is 7.11 Å². The first-order chi connectivity index (χ1) is 15.7. The zero-order valence-electron chi connectivity index (χ0n) is 17.8. The SMILES string of the molecule is COc1ccccc1-c1nnc(SCC(=O)NC(=O)NC2CCCC2)n1-c1ccccc1. The number of rotatable bonds is 7. The molecule has 3 aromatic rings. The van der Waals surface area contributed by atoms with Crippen molar-refractivity contribution in [3.05, 3.63) is 54.6 Å². The highest BCUT2D eigenvalue weighted by Gasteiger charge is 2.21. The fourth-order valence-corrected chi connectivity index (χ4v) is 4.51. The van der Waals surface area contributed by atoms with Gasteiger partial charge in [-0.15, -0.1) is 10.2 Å². The van der Waals surface area contributed by atoms with E-state index in [4.69, 9.17) is 4.74 Å². The Bertz CT molecular complexity index is 1080. The molecule has 1 heterocycles. The van der Waals surface area contributed by atoms with Crippen molar-refractivity contribution >= 4 is 23.7 Å². The standard InChI is InChI=1S/C23H25N5O3S/c1-31-19-14-8-7-13-18(19)21-26-27-23(28(21)17-11-3-2-4-12-17)32-15-20(29)25-22(30)24-16-9-5-6-10-16/h2-4,7-8,11-14,16H,5-6,9-10,15H2,1H3,(H2,24,25,29,30). The lowest BCUT2D eigenvalue weighted by Crippen LogP contribution is -2.44. The van der Waals surface area contributed by atoms with Crippen LogP contribution < -0.4 is 15.4 Å². The van der Waals surface area contributed by atoms with Crippen LogP contribution in [0, 0.1) is 0 Å². The Kier molecular flexibility index (Phi) is 7.06. The molecule has 2 aromatic carbocycles. The second kappa shape index (κ2) is 10.3. The first kappa shape index (κ1) is 21.9. The van der Waals surface area contributed by atoms with Gasteiger partial charge in [0, 0.05) is 11.7 Å². The predicted octanol–water partition coefficient (Wildman–Crippen LogP) is 3.80. The summed E-state index contributed by atoms with van der Waals surface area (Å²) in [4.78, 5) is 24.4. The van der Waals surface area contributed by atoms with E-state index in [-0.39, 0.29) is 17.7 Å². The molecule has 1 aromatic heterocycles. The molecule has 0 spiro atoms. The van der Waals surface area contributed by atoms with Gasteiger partial charge in [0.15, 0.2) is 11.0 Å². The molecule has 0 unspecified atom stereocenters. The minimum Gasteiger partial charge on any atom is -0.496 e. The van der Waals surface area contributed by atoms with Crippen LogP contribution in [0.1, 0.15) is 25.7 Å². The number of imide groups is 1. The molecule has 2 N–H and O–H groups in total. The van der Waals surface area contributed by atoms with Gasteiger partial charge in [-0.2, -0.15) is 0 Å². The third kappa shape index (κ3) is 5.11. The molecule has 0 saturated heterocycles. The summed E-state index contributed by atoms with van der Waals surface area (Å²) in [6, 6.07) is 17.0. The number of methoxy groups -OCH3 is 1. The van der Waals surface area contributed by atoms with Crippen LogP contribution in [0.4, 0.5) is 4.79 Å². The first-order valence-electron chi connectivity index (χ1n) is 10.5. The molecule has 32 heavy (non-hydrogen) atoms. The van der Waals surface area contributed by atoms with Gasteiger partial charge in [0.1, 0.15) is 5.75 Å². The number of aromatic nitrogens is 3. The highest BCUT2D eigenvalue weighted by Crippen LogP contribution is 2.33. The zero-order chi connectivity index (χ0) is 22.3. The number of hydrogen-bond acceptors (Lipinski definition) is 6. The first-order valence-corrected chi connectivity index (χ1v) is 11.5. The number of urea groups is 1. The number of carbonyl (C=O) groups is 2. The maximum Gasteiger partial charge on any atom is 0.321 e. The molecule has 9 heteroatoms. The summed E-state index contributed by atoms with van der Waals surface area (Å²) in [6.07, 6.45) is 4.14. The maximum atomic E-state index is 12.4. The van der Waals surface area contributed by atoms with Crippen molar-refractivity contribution < 1.29 is 14.3 Å². The molecule has 0 bridgehead atoms. The lowest BCUT2D eigenvalue weighted by molar-refractivity contribution is -0.117. The topological polar surface area (TPSA) is 98.1 Å². The highest BCUT2D eigenvalue weighted by molar-refractivity contribution is 7.99. The molecule has 1 aliphatic rings. The van der Waals surface area contributed by atoms with Gasteiger partial charge in [-0.25, -0.2) is 4.79 Å². The van der Waals surface area contributed by atoms with E-state index in [0.717, 1.165) is 36.9 Å². The summed E-state index contributed by atoms with van der Waals surface area (Å²) in [5.74, 6) is 0.937. The minimum atomic E-state index is -0.443. The van der Waals surface area contributed by atoms with Crippen molar-refractivity contribution in [3.63, 3.8) is 0 Å². The molecule has 1 saturated carbocycles. The average Bonchev–Trinajstić information content (AvgIpc) is 3.48. The van der Waals surface area contributed by atoms with Crippen LogP contribution in [0.5, 0.6) is 5.75 Å². The molecule has 8 nitrogen and oxygen atoms in total. The third-order valence-electron chi connectivity index (χ3n) is 5.27. The second-order valence-corrected chi connectivity index (χ2v) is 8.41. The van der Waals surface area contributed by atoms with Crippen LogP contribution in [-0.2, 0) is 4.79 Å². The van der Waals surface area contributed by atoms with Crippen LogP contribution in [0.15, 0.2) is 59.8 Å². The number of nitrogens with one attached hydrogen (secondary N) is 2. The van der Waals surface area contributed by atoms with Gasteiger partial charge in [0.25, 0.3) is 0 Å². The molecule has 0 aliphatic heterocycles. The van der Waals surface area contributed by atoms with Gasteiger partial charge < -0.3 is 10.1 Å². The number of benzene rings is 2. The van der Waals surface area contributed by atoms with Crippen molar-refractivity contribution in [1.29, 1.82) is 0 Å². The van der Waals surface area contributed by atoms with Gasteiger partial charge in [-0.3, -0.25) is 14.7 Å². The molecular formula is C23H25N5O3S. The van der Waals surface area contributed by atoms with Crippen molar-refractivity contribution in [2.24, 2.45) is 0 Å². The van der Waals surface area contributed by atoms with Crippen molar-refractivity contribution in [2.45, 2.75) is 36.9 Å². The van der Waals surface area contributed by atoms with E-state index in [0.29, 0.717) is 16.7 Å². The molecule has 1 fully saturated rings. The molecule has 0 radical (unpaired) electrons. The Labute approximate surface area is 190 Å². The number of ether oxygens (including phenoxy) is 1. The number of nitrogens with zero attached hydrogens (tertiary/aromatic N) is 3. The molecule has 1 aliphatic carbocycles. The van der Waals surface area contributed by atoms with E-state index in [1.165, 1.54) is 11.8 Å². The molecule has 4 rings (SSSR count). The molecule has 0 atom stereocenters. The molecular weight excluding hydrogens is 426 g/mol. The number of para-hydroxylation sites is 2. The number of thioether (sulfide) groups is 1. The van der Waals surface area contributed by atoms with Crippen molar-refractivity contribution in [2.75, 3.05) is 12.9 Å². The second-order valence-electron chi connectivity index (χ2n) is 7.47. The van der Waals surface area contributed by atoms with Gasteiger partial charge in [-0.1, -0.05) is 54.9 Å². The smallest absolute Gasteiger partial charge is 0.321 e. The summed E-state index contributed by atoms with van der Waals surface area (Å²) >= 11 is 1.22. The normalized spacial score (nSPS) is 13.7. The van der Waals surface area contributed by atoms with E-state index in [9.17, 15) is 9.59 Å². The average molecular weight is 452 g/mol. The number of amides is 3. The predicted molar refractivity (Wildman–Crippen MR) is 123 cm³/mol. The summed E-state index contributed by atoms with van der Waals surface area (Å²) in [7, 11) is 1.61. The number of carbonyl (C=O) groups excluding carboxylic acids is 2. The Morgan fingerprint density at radius 1 is 1.06 bits per heavy atom. The van der Waals surface area contributed by atoms with Gasteiger partial charge in [0.05, 0.1) is 18.4 Å². The summed E-state index contributed by atoms with van der Waals surface area (Å²) in [6.45, 7) is 0. The van der Waals surface area contributed by atoms with Crippen LogP contribution in [-0.4, -0.2) is 45.6 Å². The molecule has 3 amide bonds. The maximum absolute atomic E-state index is 12.4. The number of hydrogen-bond donors (Lipinski definition) is 2. The van der Waals surface area contributed by atoms with Crippen molar-refractivity contribution in [3.8, 4) is 22.8 Å². The minimum absolute atomic E-state index is 0.0367. The summed E-state index contributed by atoms with van der Waals surface area (Å²) in [5.41, 5.74) is 1.65. The van der Waals surface area contributed by atoms with Crippen LogP contribution in [0.2, 0.25) is 0 Å². The highest BCUT2D eigenvalue weighted by atomic mass is 32.2. The van der Waals surface area contributed by atoms with E-state index >= 15 is 0 Å². The van der Waals surface area contributed by atoms with Crippen molar-refractivity contribution in [1.82, 2.24) is 25.4 Å². The Morgan fingerprint density at radius 3 is 2.53 bits per heavy atom. The largest absolute Gasteiger partial charge is 0.496 e. The van der Waals surface area contributed by atoms with Gasteiger partial charge in [-0.05, 0) is 37.1 Å². The van der Waals surface area contributed by atoms with E-state index < -0.39 is 6.03 Å². The van der Waals surface area contributed by atoms with Gasteiger partial charge in [0.2, 0.25) is 5.91 Å². The molecule has 166 valence electrons. The zero-order valence-corrected chi connectivity index (χ0v) is 18.6. The van der Waals surface area contributed by atoms with Gasteiger partial charge >= 0.3 is 6.03 Å². The fourth-order valence-electron chi connectivity index (χ4n) is 3.76. The van der Waals surface area contributed by atoms with Crippen LogP contribution in [0.25, 0.3) is 17.1 Å². The monoisotopic (exact) mass is 451 g/mol. The summed E-state index contributed by atoms with van der Waals surface area (Å²) in [5, 5.41) is 14.5. The quantitative estimate of drug-likeness (QED) is 0.530. The lowest BCUT2D eigenvalue weighted by atomic mass is 10.2. The van der Waals surface area contributed by atoms with E-state index in [2.05, 4.69) is 20.8 Å². The van der Waals surface area contributed by atoms with E-state index in [1.807, 2.05) is 59.2 Å². The Balaban J connectivity index is 1.52. The Hall–Kier alpha value is -3.33. The van der Waals surface area contributed by atoms with Crippen LogP contribution in [0.3, 0.4) is 0 Å². The lowest BCUT2D eigenvalue weighted by Gasteiger charge is -2.13. The van der Waals surface area contributed by atoms with Crippen LogP contribution >= 0.6 is 11.8 Å². The summed E-state index contributed by atoms with van der Waals surface area (Å²) < 4.78 is 7.38. The third-order valence-corrected chi connectivity index (χ3v) is 6.20.